The second kappa shape index (κ2) is 6.34. The first kappa shape index (κ1) is 18.0. The van der Waals surface area contributed by atoms with Crippen molar-refractivity contribution in [2.75, 3.05) is 0 Å². The predicted octanol–water partition coefficient (Wildman–Crippen LogP) is 6.38. The van der Waals surface area contributed by atoms with Crippen molar-refractivity contribution in [3.8, 4) is 16.9 Å². The van der Waals surface area contributed by atoms with Crippen molar-refractivity contribution in [2.24, 2.45) is 17.8 Å². The van der Waals surface area contributed by atoms with E-state index in [4.69, 9.17) is 5.11 Å². The number of carbonyl (C=O) groups is 1. The monoisotopic (exact) mass is 398 g/mol. The molecule has 2 N–H and O–H groups in total. The van der Waals surface area contributed by atoms with E-state index in [9.17, 15) is 9.90 Å². The van der Waals surface area contributed by atoms with Gasteiger partial charge in [-0.05, 0) is 114 Å². The Morgan fingerprint density at radius 3 is 1.97 bits per heavy atom. The van der Waals surface area contributed by atoms with Gasteiger partial charge in [0.05, 0.1) is 5.56 Å². The van der Waals surface area contributed by atoms with Crippen LogP contribution in [0.5, 0.6) is 5.75 Å². The van der Waals surface area contributed by atoms with Crippen molar-refractivity contribution < 1.29 is 15.0 Å². The van der Waals surface area contributed by atoms with Crippen LogP contribution >= 0.6 is 0 Å². The zero-order chi connectivity index (χ0) is 20.5. The quantitative estimate of drug-likeness (QED) is 0.538. The van der Waals surface area contributed by atoms with Gasteiger partial charge in [-0.2, -0.15) is 0 Å². The normalized spacial score (nSPS) is 29.4. The molecule has 0 spiro atoms. The van der Waals surface area contributed by atoms with E-state index in [0.717, 1.165) is 45.2 Å². The zero-order valence-electron chi connectivity index (χ0n) is 17.0. The molecule has 3 heteroatoms. The van der Waals surface area contributed by atoms with E-state index in [1.807, 2.05) is 24.3 Å². The Balaban J connectivity index is 1.42. The summed E-state index contributed by atoms with van der Waals surface area (Å²) in [7, 11) is 0. The fourth-order valence-corrected chi connectivity index (χ4v) is 7.14. The number of carboxylic acids is 1. The smallest absolute Gasteiger partial charge is 0.335 e. The van der Waals surface area contributed by atoms with Crippen molar-refractivity contribution in [3.63, 3.8) is 0 Å². The fourth-order valence-electron chi connectivity index (χ4n) is 7.14. The minimum absolute atomic E-state index is 0.159. The molecule has 0 radical (unpaired) electrons. The first-order valence-electron chi connectivity index (χ1n) is 11.1. The minimum Gasteiger partial charge on any atom is -0.508 e. The minimum atomic E-state index is -0.907. The topological polar surface area (TPSA) is 57.5 Å². The Kier molecular flexibility index (Phi) is 3.80. The van der Waals surface area contributed by atoms with Crippen LogP contribution in [0.15, 0.2) is 54.6 Å². The lowest BCUT2D eigenvalue weighted by atomic mass is 9.48. The van der Waals surface area contributed by atoms with Gasteiger partial charge in [0, 0.05) is 5.56 Å². The van der Waals surface area contributed by atoms with Gasteiger partial charge in [-0.15, -0.1) is 0 Å². The number of phenols is 1. The van der Waals surface area contributed by atoms with Crippen LogP contribution in [0.3, 0.4) is 0 Å². The lowest BCUT2D eigenvalue weighted by Gasteiger charge is -2.57. The number of hydrogen-bond acceptors (Lipinski definition) is 2. The van der Waals surface area contributed by atoms with Crippen molar-refractivity contribution in [1.82, 2.24) is 0 Å². The first-order valence-corrected chi connectivity index (χ1v) is 11.1. The van der Waals surface area contributed by atoms with E-state index >= 15 is 0 Å². The number of fused-ring (bicyclic) bond motifs is 1. The van der Waals surface area contributed by atoms with Crippen LogP contribution in [0, 0.1) is 17.8 Å². The molecular formula is C27H26O3. The molecule has 3 aromatic carbocycles. The van der Waals surface area contributed by atoms with Gasteiger partial charge in [0.1, 0.15) is 5.75 Å². The molecule has 7 rings (SSSR count). The van der Waals surface area contributed by atoms with E-state index < -0.39 is 5.97 Å². The molecule has 0 amide bonds. The third-order valence-corrected chi connectivity index (χ3v) is 8.03. The average Bonchev–Trinajstić information content (AvgIpc) is 2.72. The Morgan fingerprint density at radius 2 is 1.37 bits per heavy atom. The molecule has 0 unspecified atom stereocenters. The fraction of sp³-hybridized carbons (Fsp3) is 0.370. The predicted molar refractivity (Wildman–Crippen MR) is 118 cm³/mol. The van der Waals surface area contributed by atoms with Crippen molar-refractivity contribution in [1.29, 1.82) is 0 Å². The number of rotatable bonds is 3. The summed E-state index contributed by atoms with van der Waals surface area (Å²) < 4.78 is 0. The molecule has 0 atom stereocenters. The Hall–Kier alpha value is -2.81. The van der Waals surface area contributed by atoms with E-state index in [-0.39, 0.29) is 5.41 Å². The molecule has 0 aromatic heterocycles. The Labute approximate surface area is 176 Å². The van der Waals surface area contributed by atoms with Gasteiger partial charge < -0.3 is 10.2 Å². The average molecular weight is 399 g/mol. The molecule has 30 heavy (non-hydrogen) atoms. The van der Waals surface area contributed by atoms with Gasteiger partial charge in [-0.3, -0.25) is 0 Å². The summed E-state index contributed by atoms with van der Waals surface area (Å²) >= 11 is 0. The maximum Gasteiger partial charge on any atom is 0.335 e. The second-order valence-corrected chi connectivity index (χ2v) is 10.0. The highest BCUT2D eigenvalue weighted by molar-refractivity contribution is 5.91. The number of aromatic carboxylic acids is 1. The number of carboxylic acid groups (broad SMARTS) is 1. The van der Waals surface area contributed by atoms with Crippen molar-refractivity contribution >= 4 is 16.7 Å². The number of benzene rings is 3. The summed E-state index contributed by atoms with van der Waals surface area (Å²) in [5.74, 6) is 2.07. The molecule has 0 aliphatic heterocycles. The lowest BCUT2D eigenvalue weighted by molar-refractivity contribution is -0.00606. The highest BCUT2D eigenvalue weighted by Gasteiger charge is 2.52. The molecule has 4 aliphatic rings. The SMILES string of the molecule is O=C(O)c1ccc(-c2ccc3cc(O)c(C45CC6CC(CC(C6)C4)C5)cc3c2)cc1. The van der Waals surface area contributed by atoms with E-state index in [2.05, 4.69) is 18.2 Å². The summed E-state index contributed by atoms with van der Waals surface area (Å²) in [5.41, 5.74) is 3.69. The maximum atomic E-state index is 11.1. The van der Waals surface area contributed by atoms with Crippen LogP contribution in [0.25, 0.3) is 21.9 Å². The summed E-state index contributed by atoms with van der Waals surface area (Å²) in [6.45, 7) is 0. The highest BCUT2D eigenvalue weighted by atomic mass is 16.4. The molecular weight excluding hydrogens is 372 g/mol. The van der Waals surface area contributed by atoms with Crippen LogP contribution in [0.1, 0.15) is 54.4 Å². The van der Waals surface area contributed by atoms with E-state index in [1.54, 1.807) is 12.1 Å². The highest BCUT2D eigenvalue weighted by Crippen LogP contribution is 2.62. The number of aromatic hydroxyl groups is 1. The first-order chi connectivity index (χ1) is 14.5. The van der Waals surface area contributed by atoms with Crippen LogP contribution in [-0.4, -0.2) is 16.2 Å². The molecule has 152 valence electrons. The summed E-state index contributed by atoms with van der Waals surface area (Å²) in [4.78, 5) is 11.1. The van der Waals surface area contributed by atoms with E-state index in [1.165, 1.54) is 38.5 Å². The largest absolute Gasteiger partial charge is 0.508 e. The molecule has 3 aromatic rings. The second-order valence-electron chi connectivity index (χ2n) is 10.0. The molecule has 3 nitrogen and oxygen atoms in total. The van der Waals surface area contributed by atoms with Gasteiger partial charge >= 0.3 is 5.97 Å². The van der Waals surface area contributed by atoms with Gasteiger partial charge in [0.15, 0.2) is 0 Å². The molecule has 4 aliphatic carbocycles. The van der Waals surface area contributed by atoms with Crippen molar-refractivity contribution in [2.45, 2.75) is 43.9 Å². The maximum absolute atomic E-state index is 11.1. The molecule has 4 saturated carbocycles. The van der Waals surface area contributed by atoms with Gasteiger partial charge in [-0.25, -0.2) is 4.79 Å². The summed E-state index contributed by atoms with van der Waals surface area (Å²) in [6, 6.07) is 17.5. The van der Waals surface area contributed by atoms with Crippen molar-refractivity contribution in [3.05, 3.63) is 65.7 Å². The van der Waals surface area contributed by atoms with E-state index in [0.29, 0.717) is 11.3 Å². The van der Waals surface area contributed by atoms with Crippen LogP contribution < -0.4 is 0 Å². The number of hydrogen-bond donors (Lipinski definition) is 2. The number of phenolic OH excluding ortho intramolecular Hbond substituents is 1. The summed E-state index contributed by atoms with van der Waals surface area (Å²) in [6.07, 6.45) is 7.87. The van der Waals surface area contributed by atoms with Gasteiger partial charge in [0.2, 0.25) is 0 Å². The molecule has 4 bridgehead atoms. The lowest BCUT2D eigenvalue weighted by Crippen LogP contribution is -2.48. The van der Waals surface area contributed by atoms with Crippen LogP contribution in [0.4, 0.5) is 0 Å². The van der Waals surface area contributed by atoms with Gasteiger partial charge in [0.25, 0.3) is 0 Å². The van der Waals surface area contributed by atoms with Gasteiger partial charge in [-0.1, -0.05) is 24.3 Å². The molecule has 0 saturated heterocycles. The van der Waals surface area contributed by atoms with Crippen LogP contribution in [-0.2, 0) is 5.41 Å². The Morgan fingerprint density at radius 1 is 0.767 bits per heavy atom. The standard InChI is InChI=1S/C27H26O3/c28-25-12-22-6-5-21(19-1-3-20(4-2-19)26(29)30)10-23(22)11-24(25)27-13-16-7-17(14-27)9-18(8-16)15-27/h1-6,10-12,16-18,28H,7-9,13-15H2,(H,29,30). The zero-order valence-corrected chi connectivity index (χ0v) is 17.0. The third-order valence-electron chi connectivity index (χ3n) is 8.03. The molecule has 4 fully saturated rings. The third kappa shape index (κ3) is 2.75. The Bertz CT molecular complexity index is 1120. The molecule has 0 heterocycles. The van der Waals surface area contributed by atoms with Crippen LogP contribution in [0.2, 0.25) is 0 Å². The summed E-state index contributed by atoms with van der Waals surface area (Å²) in [5, 5.41) is 22.3.